The average Bonchev–Trinajstić information content (AvgIpc) is 3.20. The molecule has 1 atom stereocenters. The van der Waals surface area contributed by atoms with Crippen LogP contribution in [-0.4, -0.2) is 27.5 Å². The van der Waals surface area contributed by atoms with Crippen LogP contribution in [0, 0.1) is 5.92 Å². The molecule has 29 heavy (non-hydrogen) atoms. The third-order valence-electron chi connectivity index (χ3n) is 4.33. The molecule has 0 N–H and O–H groups in total. The van der Waals surface area contributed by atoms with Crippen LogP contribution in [0.25, 0.3) is 0 Å². The molecule has 0 aliphatic carbocycles. The highest BCUT2D eigenvalue weighted by Gasteiger charge is 2.14. The average molecular weight is 434 g/mol. The molecule has 0 aliphatic rings. The molecule has 3 aromatic rings. The van der Waals surface area contributed by atoms with Crippen LogP contribution in [0.15, 0.2) is 55.1 Å². The highest BCUT2D eigenvalue weighted by Crippen LogP contribution is 2.28. The lowest BCUT2D eigenvalue weighted by atomic mass is 10.1. The summed E-state index contributed by atoms with van der Waals surface area (Å²) in [6.07, 6.45) is 4.93. The van der Waals surface area contributed by atoms with Crippen LogP contribution >= 0.6 is 23.2 Å². The van der Waals surface area contributed by atoms with Gasteiger partial charge in [0.05, 0.1) is 12.6 Å². The summed E-state index contributed by atoms with van der Waals surface area (Å²) >= 11 is 12.4. The second-order valence-electron chi connectivity index (χ2n) is 7.31. The van der Waals surface area contributed by atoms with E-state index in [1.165, 1.54) is 6.33 Å². The molecule has 0 spiro atoms. The first kappa shape index (κ1) is 21.6. The fourth-order valence-electron chi connectivity index (χ4n) is 2.84. The van der Waals surface area contributed by atoms with E-state index in [-0.39, 0.29) is 6.10 Å². The first-order valence-electron chi connectivity index (χ1n) is 9.65. The minimum atomic E-state index is 0.0418. The van der Waals surface area contributed by atoms with Crippen molar-refractivity contribution < 1.29 is 9.47 Å². The topological polar surface area (TPSA) is 49.2 Å². The fraction of sp³-hybridized carbons (Fsp3) is 0.364. The molecular weight excluding hydrogens is 409 g/mol. The van der Waals surface area contributed by atoms with E-state index in [2.05, 4.69) is 23.9 Å². The second-order valence-corrected chi connectivity index (χ2v) is 8.16. The summed E-state index contributed by atoms with van der Waals surface area (Å²) in [7, 11) is 0. The van der Waals surface area contributed by atoms with Crippen molar-refractivity contribution in [3.8, 4) is 11.5 Å². The molecule has 154 valence electrons. The summed E-state index contributed by atoms with van der Waals surface area (Å²) in [6.45, 7) is 5.66. The number of aromatic nitrogens is 3. The van der Waals surface area contributed by atoms with Crippen LogP contribution in [0.3, 0.4) is 0 Å². The Labute approximate surface area is 181 Å². The largest absolute Gasteiger partial charge is 0.457 e. The van der Waals surface area contributed by atoms with Crippen molar-refractivity contribution in [3.63, 3.8) is 0 Å². The van der Waals surface area contributed by atoms with Gasteiger partial charge in [0.25, 0.3) is 0 Å². The van der Waals surface area contributed by atoms with Crippen LogP contribution < -0.4 is 4.74 Å². The number of ether oxygens (including phenoxy) is 2. The Morgan fingerprint density at radius 3 is 2.45 bits per heavy atom. The summed E-state index contributed by atoms with van der Waals surface area (Å²) in [5.41, 5.74) is 1.06. The van der Waals surface area contributed by atoms with Crippen molar-refractivity contribution in [2.45, 2.75) is 39.3 Å². The van der Waals surface area contributed by atoms with E-state index in [9.17, 15) is 0 Å². The van der Waals surface area contributed by atoms with E-state index >= 15 is 0 Å². The number of aryl methyl sites for hydroxylation is 1. The summed E-state index contributed by atoms with van der Waals surface area (Å²) in [5, 5.41) is 5.54. The van der Waals surface area contributed by atoms with Gasteiger partial charge in [-0.15, -0.1) is 0 Å². The van der Waals surface area contributed by atoms with Crippen molar-refractivity contribution >= 4 is 23.2 Å². The van der Waals surface area contributed by atoms with E-state index < -0.39 is 0 Å². The highest BCUT2D eigenvalue weighted by molar-refractivity contribution is 6.31. The Hall–Kier alpha value is -2.08. The standard InChI is InChI=1S/C22H25Cl2N3O2/c1-16(2)13-28-21(12-27-15-25-14-26-27)8-4-17-3-7-20(11-22(17)24)29-19-9-5-18(23)6-10-19/h3,5-7,9-11,14-16,21H,4,8,12-13H2,1-2H3. The predicted molar refractivity (Wildman–Crippen MR) is 116 cm³/mol. The second kappa shape index (κ2) is 10.6. The van der Waals surface area contributed by atoms with Gasteiger partial charge in [-0.05, 0) is 60.7 Å². The highest BCUT2D eigenvalue weighted by atomic mass is 35.5. The number of benzene rings is 2. The fourth-order valence-corrected chi connectivity index (χ4v) is 3.23. The van der Waals surface area contributed by atoms with Gasteiger partial charge >= 0.3 is 0 Å². The number of hydrogen-bond donors (Lipinski definition) is 0. The van der Waals surface area contributed by atoms with Gasteiger partial charge in [-0.25, -0.2) is 4.98 Å². The molecule has 7 heteroatoms. The van der Waals surface area contributed by atoms with Gasteiger partial charge in [0.1, 0.15) is 24.2 Å². The number of halogens is 2. The molecule has 0 aliphatic heterocycles. The Kier molecular flexibility index (Phi) is 7.92. The third kappa shape index (κ3) is 7.03. The molecule has 5 nitrogen and oxygen atoms in total. The molecule has 1 aromatic heterocycles. The quantitative estimate of drug-likeness (QED) is 0.390. The van der Waals surface area contributed by atoms with Crippen molar-refractivity contribution in [2.75, 3.05) is 6.61 Å². The lowest BCUT2D eigenvalue weighted by molar-refractivity contribution is 0.0183. The maximum atomic E-state index is 6.51. The Balaban J connectivity index is 1.60. The number of hydrogen-bond acceptors (Lipinski definition) is 4. The van der Waals surface area contributed by atoms with Gasteiger partial charge in [0.2, 0.25) is 0 Å². The Bertz CT molecular complexity index is 884. The molecule has 0 amide bonds. The first-order valence-corrected chi connectivity index (χ1v) is 10.4. The third-order valence-corrected chi connectivity index (χ3v) is 4.94. The zero-order valence-electron chi connectivity index (χ0n) is 16.6. The zero-order valence-corrected chi connectivity index (χ0v) is 18.1. The smallest absolute Gasteiger partial charge is 0.137 e. The molecule has 0 saturated heterocycles. The summed E-state index contributed by atoms with van der Waals surface area (Å²) in [6, 6.07) is 13.0. The van der Waals surface area contributed by atoms with E-state index in [1.807, 2.05) is 30.3 Å². The predicted octanol–water partition coefficient (Wildman–Crippen LogP) is 6.05. The van der Waals surface area contributed by atoms with Crippen LogP contribution in [0.2, 0.25) is 10.0 Å². The molecule has 2 aromatic carbocycles. The molecule has 1 unspecified atom stereocenters. The van der Waals surface area contributed by atoms with Crippen molar-refractivity contribution in [1.29, 1.82) is 0 Å². The SMILES string of the molecule is CC(C)COC(CCc1ccc(Oc2ccc(Cl)cc2)cc1Cl)Cn1cncn1. The molecule has 1 heterocycles. The van der Waals surface area contributed by atoms with Crippen molar-refractivity contribution in [1.82, 2.24) is 14.8 Å². The van der Waals surface area contributed by atoms with E-state index in [1.54, 1.807) is 23.1 Å². The van der Waals surface area contributed by atoms with Gasteiger partial charge in [-0.1, -0.05) is 43.1 Å². The minimum Gasteiger partial charge on any atom is -0.457 e. The van der Waals surface area contributed by atoms with Crippen LogP contribution in [-0.2, 0) is 17.7 Å². The number of nitrogens with zero attached hydrogens (tertiary/aromatic N) is 3. The summed E-state index contributed by atoms with van der Waals surface area (Å²) in [4.78, 5) is 4.01. The molecule has 0 bridgehead atoms. The van der Waals surface area contributed by atoms with Crippen LogP contribution in [0.5, 0.6) is 11.5 Å². The monoisotopic (exact) mass is 433 g/mol. The Morgan fingerprint density at radius 1 is 1.03 bits per heavy atom. The number of rotatable bonds is 10. The summed E-state index contributed by atoms with van der Waals surface area (Å²) in [5.74, 6) is 1.88. The lowest BCUT2D eigenvalue weighted by Crippen LogP contribution is -2.23. The minimum absolute atomic E-state index is 0.0418. The van der Waals surface area contributed by atoms with Crippen LogP contribution in [0.4, 0.5) is 0 Å². The lowest BCUT2D eigenvalue weighted by Gasteiger charge is -2.19. The zero-order chi connectivity index (χ0) is 20.6. The van der Waals surface area contributed by atoms with Gasteiger partial charge in [0, 0.05) is 16.7 Å². The van der Waals surface area contributed by atoms with Gasteiger partial charge in [0.15, 0.2) is 0 Å². The Morgan fingerprint density at radius 2 is 1.79 bits per heavy atom. The van der Waals surface area contributed by atoms with E-state index in [0.717, 1.165) is 18.4 Å². The van der Waals surface area contributed by atoms with Gasteiger partial charge in [-0.2, -0.15) is 5.10 Å². The maximum Gasteiger partial charge on any atom is 0.137 e. The summed E-state index contributed by atoms with van der Waals surface area (Å²) < 4.78 is 13.7. The van der Waals surface area contributed by atoms with Gasteiger partial charge in [-0.3, -0.25) is 4.68 Å². The van der Waals surface area contributed by atoms with Crippen molar-refractivity contribution in [2.24, 2.45) is 5.92 Å². The van der Waals surface area contributed by atoms with E-state index in [4.69, 9.17) is 32.7 Å². The van der Waals surface area contributed by atoms with Crippen LogP contribution in [0.1, 0.15) is 25.8 Å². The molecule has 0 fully saturated rings. The van der Waals surface area contributed by atoms with Gasteiger partial charge < -0.3 is 9.47 Å². The molecule has 0 saturated carbocycles. The maximum absolute atomic E-state index is 6.51. The normalized spacial score (nSPS) is 12.3. The molecule has 3 rings (SSSR count). The van der Waals surface area contributed by atoms with Crippen molar-refractivity contribution in [3.05, 3.63) is 70.7 Å². The van der Waals surface area contributed by atoms with E-state index in [0.29, 0.717) is 40.6 Å². The first-order chi connectivity index (χ1) is 14.0. The molecular formula is C22H25Cl2N3O2. The molecule has 0 radical (unpaired) electrons.